The van der Waals surface area contributed by atoms with Gasteiger partial charge in [0.25, 0.3) is 0 Å². The first-order valence-electron chi connectivity index (χ1n) is 4.33. The highest BCUT2D eigenvalue weighted by atomic mass is 16.4. The standard InChI is InChI=1S/C11H9NO3/c12-6-9(7-13)10-4-2-1-3-8(10)5-11(14)15/h1-4,7,9H,5H2,(H,14,15). The van der Waals surface area contributed by atoms with E-state index >= 15 is 0 Å². The molecule has 1 rings (SSSR count). The van der Waals surface area contributed by atoms with Gasteiger partial charge in [0.1, 0.15) is 12.2 Å². The van der Waals surface area contributed by atoms with Gasteiger partial charge in [-0.3, -0.25) is 4.79 Å². The minimum atomic E-state index is -0.981. The lowest BCUT2D eigenvalue weighted by atomic mass is 9.95. The Balaban J connectivity index is 3.11. The van der Waals surface area contributed by atoms with Crippen molar-refractivity contribution in [3.63, 3.8) is 0 Å². The van der Waals surface area contributed by atoms with Gasteiger partial charge >= 0.3 is 5.97 Å². The van der Waals surface area contributed by atoms with Crippen LogP contribution in [0.25, 0.3) is 0 Å². The number of carbonyl (C=O) groups excluding carboxylic acids is 1. The molecule has 1 aromatic carbocycles. The molecule has 0 heterocycles. The average molecular weight is 203 g/mol. The fourth-order valence-corrected chi connectivity index (χ4v) is 1.33. The van der Waals surface area contributed by atoms with Crippen LogP contribution >= 0.6 is 0 Å². The molecule has 0 radical (unpaired) electrons. The van der Waals surface area contributed by atoms with Crippen molar-refractivity contribution in [1.82, 2.24) is 0 Å². The van der Waals surface area contributed by atoms with Gasteiger partial charge in [-0.05, 0) is 11.1 Å². The Morgan fingerprint density at radius 2 is 2.20 bits per heavy atom. The largest absolute Gasteiger partial charge is 0.481 e. The third-order valence-electron chi connectivity index (χ3n) is 2.01. The first kappa shape index (κ1) is 10.9. The van der Waals surface area contributed by atoms with Crippen LogP contribution < -0.4 is 0 Å². The first-order valence-corrected chi connectivity index (χ1v) is 4.33. The Morgan fingerprint density at radius 1 is 1.53 bits per heavy atom. The van der Waals surface area contributed by atoms with Gasteiger partial charge < -0.3 is 9.90 Å². The summed E-state index contributed by atoms with van der Waals surface area (Å²) >= 11 is 0. The molecule has 4 heteroatoms. The molecule has 0 fully saturated rings. The van der Waals surface area contributed by atoms with E-state index < -0.39 is 11.9 Å². The number of carboxylic acids is 1. The summed E-state index contributed by atoms with van der Waals surface area (Å²) in [6.45, 7) is 0. The van der Waals surface area contributed by atoms with Crippen molar-refractivity contribution in [3.05, 3.63) is 35.4 Å². The van der Waals surface area contributed by atoms with Crippen molar-refractivity contribution < 1.29 is 14.7 Å². The molecule has 0 saturated carbocycles. The van der Waals surface area contributed by atoms with Gasteiger partial charge in [-0.15, -0.1) is 0 Å². The molecule has 1 unspecified atom stereocenters. The number of hydrogen-bond acceptors (Lipinski definition) is 3. The third-order valence-corrected chi connectivity index (χ3v) is 2.01. The highest BCUT2D eigenvalue weighted by Gasteiger charge is 2.14. The summed E-state index contributed by atoms with van der Waals surface area (Å²) in [7, 11) is 0. The van der Waals surface area contributed by atoms with Gasteiger partial charge in [-0.1, -0.05) is 24.3 Å². The zero-order chi connectivity index (χ0) is 11.3. The Kier molecular flexibility index (Phi) is 3.58. The van der Waals surface area contributed by atoms with Crippen molar-refractivity contribution >= 4 is 12.3 Å². The molecular weight excluding hydrogens is 194 g/mol. The van der Waals surface area contributed by atoms with Crippen LogP contribution in [0.5, 0.6) is 0 Å². The maximum Gasteiger partial charge on any atom is 0.307 e. The Morgan fingerprint density at radius 3 is 2.73 bits per heavy atom. The molecule has 1 atom stereocenters. The Labute approximate surface area is 86.8 Å². The summed E-state index contributed by atoms with van der Waals surface area (Å²) in [6, 6.07) is 8.38. The topological polar surface area (TPSA) is 78.2 Å². The predicted octanol–water partition coefficient (Wildman–Crippen LogP) is 1.12. The number of nitriles is 1. The van der Waals surface area contributed by atoms with E-state index in [-0.39, 0.29) is 6.42 Å². The van der Waals surface area contributed by atoms with Gasteiger partial charge in [0.2, 0.25) is 0 Å². The summed E-state index contributed by atoms with van der Waals surface area (Å²) in [5, 5.41) is 17.4. The minimum absolute atomic E-state index is 0.178. The van der Waals surface area contributed by atoms with E-state index in [4.69, 9.17) is 10.4 Å². The van der Waals surface area contributed by atoms with Crippen LogP contribution in [0.2, 0.25) is 0 Å². The quantitative estimate of drug-likeness (QED) is 0.744. The smallest absolute Gasteiger partial charge is 0.307 e. The Hall–Kier alpha value is -2.15. The van der Waals surface area contributed by atoms with E-state index in [9.17, 15) is 9.59 Å². The van der Waals surface area contributed by atoms with Crippen LogP contribution in [0, 0.1) is 11.3 Å². The molecule has 0 aliphatic rings. The molecule has 0 amide bonds. The van der Waals surface area contributed by atoms with Gasteiger partial charge in [0, 0.05) is 0 Å². The van der Waals surface area contributed by atoms with Gasteiger partial charge in [-0.25, -0.2) is 0 Å². The Bertz CT molecular complexity index is 420. The normalized spacial score (nSPS) is 11.4. The molecule has 0 spiro atoms. The van der Waals surface area contributed by atoms with Crippen molar-refractivity contribution in [2.24, 2.45) is 0 Å². The van der Waals surface area contributed by atoms with Crippen LogP contribution in [0.3, 0.4) is 0 Å². The maximum absolute atomic E-state index is 10.6. The summed E-state index contributed by atoms with van der Waals surface area (Å²) in [5.41, 5.74) is 0.973. The number of nitrogens with zero attached hydrogens (tertiary/aromatic N) is 1. The highest BCUT2D eigenvalue weighted by Crippen LogP contribution is 2.18. The van der Waals surface area contributed by atoms with Gasteiger partial charge in [0.05, 0.1) is 12.5 Å². The summed E-state index contributed by atoms with van der Waals surface area (Å²) in [5.74, 6) is -1.87. The maximum atomic E-state index is 10.6. The molecule has 76 valence electrons. The number of aldehydes is 1. The third kappa shape index (κ3) is 2.64. The number of carboxylic acid groups (broad SMARTS) is 1. The van der Waals surface area contributed by atoms with Crippen LogP contribution in [0.1, 0.15) is 17.0 Å². The van der Waals surface area contributed by atoms with E-state index in [2.05, 4.69) is 0 Å². The molecule has 1 aromatic rings. The van der Waals surface area contributed by atoms with E-state index in [1.165, 1.54) is 0 Å². The minimum Gasteiger partial charge on any atom is -0.481 e. The van der Waals surface area contributed by atoms with Crippen LogP contribution in [-0.2, 0) is 16.0 Å². The molecule has 0 aliphatic carbocycles. The van der Waals surface area contributed by atoms with Gasteiger partial charge in [-0.2, -0.15) is 5.26 Å². The van der Waals surface area contributed by atoms with Crippen molar-refractivity contribution in [3.8, 4) is 6.07 Å². The van der Waals surface area contributed by atoms with Crippen molar-refractivity contribution in [1.29, 1.82) is 5.26 Å². The SMILES string of the molecule is N#CC(C=O)c1ccccc1CC(=O)O. The lowest BCUT2D eigenvalue weighted by Crippen LogP contribution is -2.07. The van der Waals surface area contributed by atoms with Crippen molar-refractivity contribution in [2.75, 3.05) is 0 Å². The fraction of sp³-hybridized carbons (Fsp3) is 0.182. The summed E-state index contributed by atoms with van der Waals surface area (Å²) < 4.78 is 0. The second-order valence-corrected chi connectivity index (χ2v) is 3.01. The number of benzene rings is 1. The predicted molar refractivity (Wildman–Crippen MR) is 52.2 cm³/mol. The highest BCUT2D eigenvalue weighted by molar-refractivity contribution is 5.73. The molecule has 1 N–H and O–H groups in total. The van der Waals surface area contributed by atoms with Crippen LogP contribution in [0.4, 0.5) is 0 Å². The summed E-state index contributed by atoms with van der Waals surface area (Å²) in [6.07, 6.45) is 0.336. The number of hydrogen-bond donors (Lipinski definition) is 1. The van der Waals surface area contributed by atoms with E-state index in [1.54, 1.807) is 24.3 Å². The van der Waals surface area contributed by atoms with E-state index in [0.717, 1.165) is 0 Å². The molecule has 0 aliphatic heterocycles. The number of rotatable bonds is 4. The monoisotopic (exact) mass is 203 g/mol. The lowest BCUT2D eigenvalue weighted by Gasteiger charge is -2.07. The van der Waals surface area contributed by atoms with Crippen LogP contribution in [-0.4, -0.2) is 17.4 Å². The zero-order valence-corrected chi connectivity index (χ0v) is 7.88. The van der Waals surface area contributed by atoms with Crippen molar-refractivity contribution in [2.45, 2.75) is 12.3 Å². The van der Waals surface area contributed by atoms with Gasteiger partial charge in [0.15, 0.2) is 0 Å². The van der Waals surface area contributed by atoms with E-state index in [0.29, 0.717) is 17.4 Å². The second-order valence-electron chi connectivity index (χ2n) is 3.01. The molecule has 0 aromatic heterocycles. The lowest BCUT2D eigenvalue weighted by molar-refractivity contribution is -0.136. The average Bonchev–Trinajstić information content (AvgIpc) is 2.21. The van der Waals surface area contributed by atoms with Crippen LogP contribution in [0.15, 0.2) is 24.3 Å². The number of carbonyl (C=O) groups is 2. The first-order chi connectivity index (χ1) is 7.19. The zero-order valence-electron chi connectivity index (χ0n) is 7.88. The number of aliphatic carboxylic acids is 1. The van der Waals surface area contributed by atoms with E-state index in [1.807, 2.05) is 6.07 Å². The fourth-order valence-electron chi connectivity index (χ4n) is 1.33. The summed E-state index contributed by atoms with van der Waals surface area (Å²) in [4.78, 5) is 21.2. The molecule has 15 heavy (non-hydrogen) atoms. The molecule has 4 nitrogen and oxygen atoms in total. The molecule has 0 saturated heterocycles. The molecule has 0 bridgehead atoms. The molecular formula is C11H9NO3. The second kappa shape index (κ2) is 4.91.